The van der Waals surface area contributed by atoms with Crippen LogP contribution < -0.4 is 15.4 Å². The lowest BCUT2D eigenvalue weighted by Crippen LogP contribution is -2.60. The van der Waals surface area contributed by atoms with Gasteiger partial charge in [0.1, 0.15) is 29.0 Å². The van der Waals surface area contributed by atoms with Gasteiger partial charge in [0.05, 0.1) is 23.8 Å². The third-order valence-electron chi connectivity index (χ3n) is 11.3. The van der Waals surface area contributed by atoms with Crippen molar-refractivity contribution in [2.75, 3.05) is 13.2 Å². The number of hydrogen-bond acceptors (Lipinski definition) is 9. The predicted octanol–water partition coefficient (Wildman–Crippen LogP) is 4.76. The lowest BCUT2D eigenvalue weighted by Gasteiger charge is -2.35. The number of amides is 4. The van der Waals surface area contributed by atoms with E-state index >= 15 is 0 Å². The van der Waals surface area contributed by atoms with E-state index < -0.39 is 86.9 Å². The highest BCUT2D eigenvalue weighted by atomic mass is 32.2. The molecule has 306 valence electrons. The molecule has 2 saturated carbocycles. The molecule has 1 unspecified atom stereocenters. The molecule has 2 aliphatic carbocycles. The summed E-state index contributed by atoms with van der Waals surface area (Å²) in [6.45, 7) is 5.26. The summed E-state index contributed by atoms with van der Waals surface area (Å²) < 4.78 is 61.2. The van der Waals surface area contributed by atoms with Crippen LogP contribution in [0.15, 0.2) is 54.6 Å². The first-order valence-electron chi connectivity index (χ1n) is 19.6. The molecule has 1 saturated heterocycles. The fourth-order valence-corrected chi connectivity index (χ4v) is 9.14. The molecule has 3 aromatic rings. The highest BCUT2D eigenvalue weighted by Crippen LogP contribution is 2.49. The Morgan fingerprint density at radius 1 is 0.965 bits per heavy atom. The second kappa shape index (κ2) is 15.8. The number of halogens is 2. The van der Waals surface area contributed by atoms with Gasteiger partial charge in [-0.05, 0) is 55.6 Å². The molecule has 4 aliphatic rings. The fraction of sp³-hybridized carbons (Fsp3) is 0.550. The third-order valence-corrected chi connectivity index (χ3v) is 13.1. The van der Waals surface area contributed by atoms with Crippen molar-refractivity contribution in [3.8, 4) is 22.5 Å². The van der Waals surface area contributed by atoms with Crippen molar-refractivity contribution in [1.82, 2.24) is 35.2 Å². The number of sulfonamides is 1. The van der Waals surface area contributed by atoms with Crippen molar-refractivity contribution in [1.29, 1.82) is 0 Å². The summed E-state index contributed by atoms with van der Waals surface area (Å²) >= 11 is 0. The minimum Gasteiger partial charge on any atom is -0.450 e. The maximum Gasteiger partial charge on any atom is 0.407 e. The first-order chi connectivity index (χ1) is 27.1. The number of rotatable bonds is 7. The zero-order chi connectivity index (χ0) is 40.7. The molecule has 1 aromatic heterocycles. The van der Waals surface area contributed by atoms with Gasteiger partial charge in [0.2, 0.25) is 28.3 Å². The minimum atomic E-state index is -4.13. The van der Waals surface area contributed by atoms with E-state index in [1.54, 1.807) is 20.8 Å². The molecule has 3 fully saturated rings. The number of hydrogen-bond donors (Lipinski definition) is 3. The average molecular weight is 810 g/mol. The van der Waals surface area contributed by atoms with E-state index in [-0.39, 0.29) is 19.6 Å². The topological polar surface area (TPSA) is 182 Å². The van der Waals surface area contributed by atoms with Crippen LogP contribution in [0.25, 0.3) is 22.5 Å². The molecule has 6 bridgehead atoms. The zero-order valence-corrected chi connectivity index (χ0v) is 33.1. The molecule has 57 heavy (non-hydrogen) atoms. The number of fused-ring (bicyclic) bond motifs is 8. The number of nitrogens with one attached hydrogen (secondary N) is 3. The maximum atomic E-state index is 14.7. The number of ether oxygens (including phenoxy) is 1. The van der Waals surface area contributed by atoms with Crippen LogP contribution in [0.5, 0.6) is 0 Å². The fourth-order valence-electron chi connectivity index (χ4n) is 7.78. The summed E-state index contributed by atoms with van der Waals surface area (Å²) in [5, 5.41) is 14.2. The van der Waals surface area contributed by atoms with Gasteiger partial charge in [0, 0.05) is 24.1 Å². The summed E-state index contributed by atoms with van der Waals surface area (Å²) in [5.74, 6) is -4.46. The van der Waals surface area contributed by atoms with E-state index in [9.17, 15) is 36.4 Å². The van der Waals surface area contributed by atoms with E-state index in [4.69, 9.17) is 14.9 Å². The molecule has 17 heteroatoms. The number of carbonyl (C=O) groups excluding carboxylic acids is 4. The smallest absolute Gasteiger partial charge is 0.407 e. The van der Waals surface area contributed by atoms with Crippen LogP contribution >= 0.6 is 0 Å². The number of cyclic esters (lactones) is 1. The van der Waals surface area contributed by atoms with Gasteiger partial charge in [0.15, 0.2) is 0 Å². The molecule has 2 aromatic carbocycles. The summed E-state index contributed by atoms with van der Waals surface area (Å²) in [4.78, 5) is 58.3. The average Bonchev–Trinajstić information content (AvgIpc) is 4.06. The first-order valence-corrected chi connectivity index (χ1v) is 21.1. The predicted molar refractivity (Wildman–Crippen MR) is 205 cm³/mol. The van der Waals surface area contributed by atoms with Crippen LogP contribution in [0.4, 0.5) is 13.6 Å². The normalized spacial score (nSPS) is 26.0. The Morgan fingerprint density at radius 2 is 1.65 bits per heavy atom. The molecule has 0 radical (unpaired) electrons. The Labute approximate surface area is 330 Å². The van der Waals surface area contributed by atoms with Crippen molar-refractivity contribution in [2.45, 2.75) is 114 Å². The Hall–Kier alpha value is -4.93. The zero-order valence-electron chi connectivity index (χ0n) is 32.2. The third kappa shape index (κ3) is 8.67. The van der Waals surface area contributed by atoms with Crippen molar-refractivity contribution < 1.29 is 41.1 Å². The molecule has 3 N–H and O–H groups in total. The van der Waals surface area contributed by atoms with Gasteiger partial charge in [-0.25, -0.2) is 22.0 Å². The van der Waals surface area contributed by atoms with Crippen molar-refractivity contribution >= 4 is 33.8 Å². The highest BCUT2D eigenvalue weighted by molar-refractivity contribution is 7.91. The SMILES string of the molecule is CC(C)(C)[C@@H]1NC(=O)OCCCCCCc2cccc(c2)-c2nn(nc2-c2ccccc2)C2C[C@@H](C(=O)N[C@@]3(C(=O)NS(=O)(=O)C4CC4)C[C@H]3C(F)F)N(C2)C1=O. The van der Waals surface area contributed by atoms with Crippen LogP contribution in [0, 0.1) is 11.3 Å². The van der Waals surface area contributed by atoms with Gasteiger partial charge >= 0.3 is 6.09 Å². The van der Waals surface area contributed by atoms with Crippen LogP contribution in [-0.4, -0.2) is 94.6 Å². The van der Waals surface area contributed by atoms with E-state index in [0.717, 1.165) is 42.4 Å². The lowest BCUT2D eigenvalue weighted by atomic mass is 9.85. The molecule has 5 atom stereocenters. The van der Waals surface area contributed by atoms with Crippen LogP contribution in [0.3, 0.4) is 0 Å². The van der Waals surface area contributed by atoms with Gasteiger partial charge < -0.3 is 20.3 Å². The Morgan fingerprint density at radius 3 is 2.32 bits per heavy atom. The number of aromatic nitrogens is 3. The molecular formula is C40H49F2N7O7S. The van der Waals surface area contributed by atoms with Gasteiger partial charge in [-0.3, -0.25) is 19.1 Å². The van der Waals surface area contributed by atoms with Crippen LogP contribution in [0.2, 0.25) is 0 Å². The van der Waals surface area contributed by atoms with Gasteiger partial charge in [0.25, 0.3) is 5.91 Å². The highest BCUT2D eigenvalue weighted by Gasteiger charge is 2.67. The van der Waals surface area contributed by atoms with E-state index in [0.29, 0.717) is 30.7 Å². The standard InChI is InChI=1S/C40H49F2N7O7S/c1-39(2,3)33-36(51)48-23-27(21-30(48)35(50)44-40(22-29(40)34(41)42)37(52)47-57(54,55)28-17-18-28)49-45-31(25-14-8-6-9-15-25)32(46-49)26-16-11-13-24(20-26)12-7-4-5-10-19-56-38(53)43-33/h6,8-9,11,13-16,20,27-30,33-34H,4-5,7,10,12,17-19,21-23H2,1-3H3,(H,43,53)(H,44,50)(H,47,52)/t27?,29-,30-,33+,40-/m0/s1. The van der Waals surface area contributed by atoms with Crippen LogP contribution in [-0.2, 0) is 35.6 Å². The Bertz CT molecular complexity index is 2120. The molecule has 0 spiro atoms. The number of aryl methyl sites for hydroxylation is 1. The summed E-state index contributed by atoms with van der Waals surface area (Å²) in [5.41, 5.74) is 0.800. The van der Waals surface area contributed by atoms with Crippen LogP contribution in [0.1, 0.15) is 83.7 Å². The monoisotopic (exact) mass is 809 g/mol. The summed E-state index contributed by atoms with van der Waals surface area (Å²) in [6.07, 6.45) is 0.357. The molecule has 3 heterocycles. The number of carbonyl (C=O) groups is 4. The van der Waals surface area contributed by atoms with Gasteiger partial charge in [-0.2, -0.15) is 15.0 Å². The molecular weight excluding hydrogens is 761 g/mol. The summed E-state index contributed by atoms with van der Waals surface area (Å²) in [6, 6.07) is 14.3. The number of nitrogens with zero attached hydrogens (tertiary/aromatic N) is 4. The number of alkyl halides is 2. The first kappa shape index (κ1) is 40.3. The molecule has 2 aliphatic heterocycles. The second-order valence-electron chi connectivity index (χ2n) is 16.7. The van der Waals surface area contributed by atoms with Gasteiger partial charge in [-0.15, -0.1) is 0 Å². The van der Waals surface area contributed by atoms with Crippen molar-refractivity contribution in [3.63, 3.8) is 0 Å². The van der Waals surface area contributed by atoms with Crippen molar-refractivity contribution in [2.24, 2.45) is 11.3 Å². The second-order valence-corrected chi connectivity index (χ2v) is 18.7. The van der Waals surface area contributed by atoms with Crippen molar-refractivity contribution in [3.05, 3.63) is 60.2 Å². The summed E-state index contributed by atoms with van der Waals surface area (Å²) in [7, 11) is -4.13. The molecule has 7 rings (SSSR count). The quantitative estimate of drug-likeness (QED) is 0.303. The lowest BCUT2D eigenvalue weighted by molar-refractivity contribution is -0.143. The van der Waals surface area contributed by atoms with E-state index in [2.05, 4.69) is 22.8 Å². The van der Waals surface area contributed by atoms with E-state index in [1.165, 1.54) is 9.70 Å². The number of benzene rings is 2. The van der Waals surface area contributed by atoms with Gasteiger partial charge in [-0.1, -0.05) is 82.1 Å². The minimum absolute atomic E-state index is 0.0846. The molecule has 14 nitrogen and oxygen atoms in total. The maximum absolute atomic E-state index is 14.7. The largest absolute Gasteiger partial charge is 0.450 e. The Kier molecular flexibility index (Phi) is 11.2. The molecule has 4 amide bonds. The number of alkyl carbamates (subject to hydrolysis) is 1. The van der Waals surface area contributed by atoms with E-state index in [1.807, 2.05) is 47.2 Å². The Balaban J connectivity index is 1.27.